The first kappa shape index (κ1) is 19.5. The van der Waals surface area contributed by atoms with E-state index in [0.29, 0.717) is 13.1 Å². The first-order chi connectivity index (χ1) is 14.2. The Morgan fingerprint density at radius 2 is 1.48 bits per heavy atom. The zero-order valence-corrected chi connectivity index (χ0v) is 16.9. The van der Waals surface area contributed by atoms with E-state index in [2.05, 4.69) is 17.0 Å². The van der Waals surface area contributed by atoms with Gasteiger partial charge in [-0.2, -0.15) is 0 Å². The van der Waals surface area contributed by atoms with Gasteiger partial charge in [-0.25, -0.2) is 4.39 Å². The second kappa shape index (κ2) is 9.14. The summed E-state index contributed by atoms with van der Waals surface area (Å²) in [4.78, 5) is 18.2. The second-order valence-electron chi connectivity index (χ2n) is 7.05. The zero-order valence-electron chi connectivity index (χ0n) is 16.1. The summed E-state index contributed by atoms with van der Waals surface area (Å²) in [5, 5.41) is 0. The molecule has 0 bridgehead atoms. The van der Waals surface area contributed by atoms with Crippen LogP contribution in [0.3, 0.4) is 0 Å². The lowest BCUT2D eigenvalue weighted by Crippen LogP contribution is -2.48. The second-order valence-corrected chi connectivity index (χ2v) is 8.10. The molecule has 29 heavy (non-hydrogen) atoms. The molecule has 0 atom stereocenters. The van der Waals surface area contributed by atoms with Crippen LogP contribution in [0, 0.1) is 5.82 Å². The van der Waals surface area contributed by atoms with Gasteiger partial charge in [-0.15, -0.1) is 11.8 Å². The van der Waals surface area contributed by atoms with Crippen LogP contribution in [0.2, 0.25) is 0 Å². The molecule has 5 heteroatoms. The van der Waals surface area contributed by atoms with Gasteiger partial charge in [-0.05, 0) is 54.1 Å². The molecule has 0 aliphatic carbocycles. The van der Waals surface area contributed by atoms with Gasteiger partial charge in [0.1, 0.15) is 5.82 Å². The number of nitrogens with zero attached hydrogens (tertiary/aromatic N) is 2. The van der Waals surface area contributed by atoms with E-state index < -0.39 is 0 Å². The molecule has 1 fully saturated rings. The molecule has 4 rings (SSSR count). The summed E-state index contributed by atoms with van der Waals surface area (Å²) in [6.07, 6.45) is 0. The lowest BCUT2D eigenvalue weighted by atomic mass is 10.1. The molecular formula is C24H23FN2OS. The number of amides is 1. The zero-order chi connectivity index (χ0) is 20.1. The minimum Gasteiger partial charge on any atom is -0.368 e. The molecule has 1 aliphatic heterocycles. The number of carbonyl (C=O) groups is 1. The largest absolute Gasteiger partial charge is 0.368 e. The van der Waals surface area contributed by atoms with Crippen LogP contribution in [-0.4, -0.2) is 37.0 Å². The summed E-state index contributed by atoms with van der Waals surface area (Å²) < 4.78 is 13.1. The van der Waals surface area contributed by atoms with Crippen molar-refractivity contribution >= 4 is 23.4 Å². The van der Waals surface area contributed by atoms with E-state index in [9.17, 15) is 9.18 Å². The Morgan fingerprint density at radius 3 is 2.14 bits per heavy atom. The molecule has 1 aliphatic rings. The molecule has 1 saturated heterocycles. The SMILES string of the molecule is O=C(c1ccc(CSc2ccccc2)cc1)N1CCN(c2ccc(F)cc2)CC1. The molecule has 0 N–H and O–H groups in total. The number of thioether (sulfide) groups is 1. The summed E-state index contributed by atoms with van der Waals surface area (Å²) in [6.45, 7) is 2.84. The van der Waals surface area contributed by atoms with Gasteiger partial charge in [0.25, 0.3) is 5.91 Å². The Hall–Kier alpha value is -2.79. The van der Waals surface area contributed by atoms with E-state index in [1.165, 1.54) is 22.6 Å². The number of hydrogen-bond acceptors (Lipinski definition) is 3. The van der Waals surface area contributed by atoms with Gasteiger partial charge in [0, 0.05) is 48.1 Å². The minimum absolute atomic E-state index is 0.0750. The van der Waals surface area contributed by atoms with Gasteiger partial charge in [-0.1, -0.05) is 30.3 Å². The third-order valence-electron chi connectivity index (χ3n) is 5.11. The van der Waals surface area contributed by atoms with Crippen molar-refractivity contribution in [3.8, 4) is 0 Å². The lowest BCUT2D eigenvalue weighted by Gasteiger charge is -2.36. The van der Waals surface area contributed by atoms with Gasteiger partial charge < -0.3 is 9.80 Å². The molecule has 0 aromatic heterocycles. The highest BCUT2D eigenvalue weighted by Gasteiger charge is 2.22. The smallest absolute Gasteiger partial charge is 0.253 e. The fourth-order valence-electron chi connectivity index (χ4n) is 3.43. The van der Waals surface area contributed by atoms with Gasteiger partial charge >= 0.3 is 0 Å². The third kappa shape index (κ3) is 4.98. The fraction of sp³-hybridized carbons (Fsp3) is 0.208. The van der Waals surface area contributed by atoms with Crippen molar-refractivity contribution < 1.29 is 9.18 Å². The van der Waals surface area contributed by atoms with E-state index in [-0.39, 0.29) is 11.7 Å². The minimum atomic E-state index is -0.229. The number of hydrogen-bond donors (Lipinski definition) is 0. The molecular weight excluding hydrogens is 383 g/mol. The van der Waals surface area contributed by atoms with Crippen LogP contribution in [0.15, 0.2) is 83.8 Å². The number of piperazine rings is 1. The van der Waals surface area contributed by atoms with Gasteiger partial charge in [-0.3, -0.25) is 4.79 Å². The van der Waals surface area contributed by atoms with E-state index in [0.717, 1.165) is 30.1 Å². The van der Waals surface area contributed by atoms with Gasteiger partial charge in [0.05, 0.1) is 0 Å². The quantitative estimate of drug-likeness (QED) is 0.552. The van der Waals surface area contributed by atoms with Crippen molar-refractivity contribution in [2.45, 2.75) is 10.6 Å². The Morgan fingerprint density at radius 1 is 0.828 bits per heavy atom. The summed E-state index contributed by atoms with van der Waals surface area (Å²) in [5.74, 6) is 0.730. The molecule has 1 amide bonds. The average Bonchev–Trinajstić information content (AvgIpc) is 2.79. The van der Waals surface area contributed by atoms with Crippen molar-refractivity contribution in [1.29, 1.82) is 0 Å². The highest BCUT2D eigenvalue weighted by atomic mass is 32.2. The van der Waals surface area contributed by atoms with Crippen molar-refractivity contribution in [2.24, 2.45) is 0 Å². The first-order valence-corrected chi connectivity index (χ1v) is 10.7. The first-order valence-electron chi connectivity index (χ1n) is 9.76. The van der Waals surface area contributed by atoms with Crippen molar-refractivity contribution in [3.63, 3.8) is 0 Å². The predicted octanol–water partition coefficient (Wildman–Crippen LogP) is 5.08. The molecule has 1 heterocycles. The maximum atomic E-state index is 13.1. The van der Waals surface area contributed by atoms with Crippen molar-refractivity contribution in [1.82, 2.24) is 4.90 Å². The van der Waals surface area contributed by atoms with E-state index >= 15 is 0 Å². The van der Waals surface area contributed by atoms with Crippen molar-refractivity contribution in [3.05, 3.63) is 95.8 Å². The van der Waals surface area contributed by atoms with Crippen LogP contribution in [0.25, 0.3) is 0 Å². The molecule has 0 unspecified atom stereocenters. The fourth-order valence-corrected chi connectivity index (χ4v) is 4.30. The van der Waals surface area contributed by atoms with Gasteiger partial charge in [0.15, 0.2) is 0 Å². The van der Waals surface area contributed by atoms with Crippen molar-refractivity contribution in [2.75, 3.05) is 31.1 Å². The number of rotatable bonds is 5. The summed E-state index contributed by atoms with van der Waals surface area (Å²) >= 11 is 1.79. The summed E-state index contributed by atoms with van der Waals surface area (Å²) in [6, 6.07) is 24.8. The maximum Gasteiger partial charge on any atom is 0.253 e. The Labute approximate surface area is 175 Å². The number of carbonyl (C=O) groups excluding carboxylic acids is 1. The standard InChI is InChI=1S/C24H23FN2OS/c25-21-10-12-22(13-11-21)26-14-16-27(17-15-26)24(28)20-8-6-19(7-9-20)18-29-23-4-2-1-3-5-23/h1-13H,14-18H2. The highest BCUT2D eigenvalue weighted by Crippen LogP contribution is 2.23. The number of halogens is 1. The topological polar surface area (TPSA) is 23.6 Å². The van der Waals surface area contributed by atoms with E-state index in [4.69, 9.17) is 0 Å². The molecule has 3 nitrogen and oxygen atoms in total. The molecule has 3 aromatic carbocycles. The molecule has 148 valence electrons. The van der Waals surface area contributed by atoms with Crippen LogP contribution in [-0.2, 0) is 5.75 Å². The van der Waals surface area contributed by atoms with E-state index in [1.54, 1.807) is 23.9 Å². The third-order valence-corrected chi connectivity index (χ3v) is 6.19. The lowest BCUT2D eigenvalue weighted by molar-refractivity contribution is 0.0747. The molecule has 0 spiro atoms. The van der Waals surface area contributed by atoms with Crippen LogP contribution >= 0.6 is 11.8 Å². The average molecular weight is 407 g/mol. The summed E-state index contributed by atoms with van der Waals surface area (Å²) in [7, 11) is 0. The Balaban J connectivity index is 1.31. The monoisotopic (exact) mass is 406 g/mol. The summed E-state index contributed by atoms with van der Waals surface area (Å²) in [5.41, 5.74) is 2.93. The molecule has 0 radical (unpaired) electrons. The molecule has 0 saturated carbocycles. The predicted molar refractivity (Wildman–Crippen MR) is 117 cm³/mol. The van der Waals surface area contributed by atoms with Crippen LogP contribution in [0.4, 0.5) is 10.1 Å². The van der Waals surface area contributed by atoms with E-state index in [1.807, 2.05) is 47.4 Å². The number of anilines is 1. The van der Waals surface area contributed by atoms with Crippen LogP contribution in [0.5, 0.6) is 0 Å². The van der Waals surface area contributed by atoms with Gasteiger partial charge in [0.2, 0.25) is 0 Å². The molecule has 3 aromatic rings. The Kier molecular flexibility index (Phi) is 6.15. The maximum absolute atomic E-state index is 13.1. The highest BCUT2D eigenvalue weighted by molar-refractivity contribution is 7.98. The van der Waals surface area contributed by atoms with Crippen LogP contribution in [0.1, 0.15) is 15.9 Å². The Bertz CT molecular complexity index is 937. The van der Waals surface area contributed by atoms with Crippen LogP contribution < -0.4 is 4.90 Å². The normalized spacial score (nSPS) is 14.1. The number of benzene rings is 3.